The number of nitrogens with one attached hydrogen (secondary N) is 1. The monoisotopic (exact) mass is 335 g/mol. The van der Waals surface area contributed by atoms with E-state index < -0.39 is 6.04 Å². The minimum atomic E-state index is -0.443. The van der Waals surface area contributed by atoms with Crippen molar-refractivity contribution in [3.63, 3.8) is 0 Å². The first-order valence-corrected chi connectivity index (χ1v) is 6.81. The van der Waals surface area contributed by atoms with Crippen molar-refractivity contribution < 1.29 is 0 Å². The maximum absolute atomic E-state index is 9.26. The number of nitrogens with zero attached hydrogens (tertiary/aromatic N) is 2. The van der Waals surface area contributed by atoms with Crippen molar-refractivity contribution in [1.29, 1.82) is 5.26 Å². The lowest BCUT2D eigenvalue weighted by Gasteiger charge is -2.13. The Morgan fingerprint density at radius 1 is 1.37 bits per heavy atom. The predicted molar refractivity (Wildman–Crippen MR) is 80.1 cm³/mol. The van der Waals surface area contributed by atoms with Crippen LogP contribution in [0, 0.1) is 18.3 Å². The van der Waals surface area contributed by atoms with Crippen LogP contribution in [0.1, 0.15) is 17.3 Å². The topological polar surface area (TPSA) is 48.7 Å². The number of anilines is 1. The summed E-state index contributed by atoms with van der Waals surface area (Å²) in [5, 5.41) is 13.0. The molecule has 0 spiro atoms. The van der Waals surface area contributed by atoms with Gasteiger partial charge in [0.1, 0.15) is 6.04 Å². The quantitative estimate of drug-likeness (QED) is 0.899. The maximum Gasteiger partial charge on any atom is 0.141 e. The van der Waals surface area contributed by atoms with Gasteiger partial charge in [0.15, 0.2) is 0 Å². The fraction of sp³-hybridized carbons (Fsp3) is 0.143. The molecule has 2 rings (SSSR count). The van der Waals surface area contributed by atoms with Gasteiger partial charge in [-0.2, -0.15) is 5.26 Å². The summed E-state index contributed by atoms with van der Waals surface area (Å²) < 4.78 is 0.790. The Morgan fingerprint density at radius 2 is 2.16 bits per heavy atom. The molecule has 1 unspecified atom stereocenters. The highest BCUT2D eigenvalue weighted by atomic mass is 79.9. The first-order chi connectivity index (χ1) is 9.10. The van der Waals surface area contributed by atoms with E-state index >= 15 is 0 Å². The van der Waals surface area contributed by atoms with Crippen LogP contribution in [0.2, 0.25) is 5.02 Å². The molecule has 3 nitrogen and oxygen atoms in total. The summed E-state index contributed by atoms with van der Waals surface area (Å²) in [7, 11) is 0. The smallest absolute Gasteiger partial charge is 0.141 e. The molecular formula is C14H11BrClN3. The molecule has 5 heteroatoms. The molecule has 0 aliphatic carbocycles. The van der Waals surface area contributed by atoms with E-state index in [1.807, 2.05) is 31.2 Å². The van der Waals surface area contributed by atoms with Crippen molar-refractivity contribution >= 4 is 33.2 Å². The molecule has 1 aromatic carbocycles. The van der Waals surface area contributed by atoms with E-state index in [4.69, 9.17) is 11.6 Å². The summed E-state index contributed by atoms with van der Waals surface area (Å²) in [6, 6.07) is 11.0. The summed E-state index contributed by atoms with van der Waals surface area (Å²) in [6.07, 6.45) is 1.71. The molecule has 0 bridgehead atoms. The molecule has 1 aromatic heterocycles. The van der Waals surface area contributed by atoms with Gasteiger partial charge in [-0.25, -0.2) is 0 Å². The number of halogens is 2. The molecule has 2 aromatic rings. The van der Waals surface area contributed by atoms with Gasteiger partial charge in [-0.1, -0.05) is 17.7 Å². The molecule has 1 heterocycles. The van der Waals surface area contributed by atoms with Crippen LogP contribution in [-0.2, 0) is 0 Å². The molecule has 0 fully saturated rings. The first kappa shape index (κ1) is 13.9. The summed E-state index contributed by atoms with van der Waals surface area (Å²) in [5.74, 6) is 0. The second-order valence-electron chi connectivity index (χ2n) is 4.07. The Hall–Kier alpha value is -1.57. The lowest BCUT2D eigenvalue weighted by molar-refractivity contribution is 0.974. The number of benzene rings is 1. The number of hydrogen-bond acceptors (Lipinski definition) is 3. The number of pyridine rings is 1. The SMILES string of the molecule is Cc1ccc(C(C#N)Nc2ccc(Cl)c(Br)c2)cn1. The largest absolute Gasteiger partial charge is 0.366 e. The molecule has 0 saturated heterocycles. The Morgan fingerprint density at radius 3 is 2.74 bits per heavy atom. The standard InChI is InChI=1S/C14H11BrClN3/c1-9-2-3-10(8-18-9)14(7-17)19-11-4-5-13(16)12(15)6-11/h2-6,8,14,19H,1H3. The highest BCUT2D eigenvalue weighted by molar-refractivity contribution is 9.10. The molecular weight excluding hydrogens is 326 g/mol. The molecule has 0 amide bonds. The van der Waals surface area contributed by atoms with Crippen LogP contribution in [0.3, 0.4) is 0 Å². The molecule has 19 heavy (non-hydrogen) atoms. The summed E-state index contributed by atoms with van der Waals surface area (Å²) in [5.41, 5.74) is 2.58. The lowest BCUT2D eigenvalue weighted by Crippen LogP contribution is -2.08. The van der Waals surface area contributed by atoms with E-state index in [-0.39, 0.29) is 0 Å². The van der Waals surface area contributed by atoms with Crippen LogP contribution in [0.15, 0.2) is 41.0 Å². The zero-order valence-corrected chi connectivity index (χ0v) is 12.5. The molecule has 0 aliphatic heterocycles. The van der Waals surface area contributed by atoms with Gasteiger partial charge in [0.05, 0.1) is 11.1 Å². The zero-order chi connectivity index (χ0) is 13.8. The van der Waals surface area contributed by atoms with Gasteiger partial charge in [-0.05, 0) is 47.1 Å². The van der Waals surface area contributed by atoms with Crippen molar-refractivity contribution in [3.05, 3.63) is 57.3 Å². The average molecular weight is 337 g/mol. The Balaban J connectivity index is 2.22. The number of hydrogen-bond donors (Lipinski definition) is 1. The second kappa shape index (κ2) is 6.05. The van der Waals surface area contributed by atoms with Crippen LogP contribution in [0.5, 0.6) is 0 Å². The van der Waals surface area contributed by atoms with Crippen molar-refractivity contribution in [2.24, 2.45) is 0 Å². The van der Waals surface area contributed by atoms with Crippen LogP contribution >= 0.6 is 27.5 Å². The lowest BCUT2D eigenvalue weighted by atomic mass is 10.1. The van der Waals surface area contributed by atoms with E-state index in [1.54, 1.807) is 12.3 Å². The second-order valence-corrected chi connectivity index (χ2v) is 5.33. The highest BCUT2D eigenvalue weighted by Crippen LogP contribution is 2.27. The summed E-state index contributed by atoms with van der Waals surface area (Å²) in [6.45, 7) is 1.91. The van der Waals surface area contributed by atoms with Crippen molar-refractivity contribution in [2.75, 3.05) is 5.32 Å². The van der Waals surface area contributed by atoms with Gasteiger partial charge in [0.25, 0.3) is 0 Å². The van der Waals surface area contributed by atoms with E-state index in [2.05, 4.69) is 32.3 Å². The molecule has 96 valence electrons. The first-order valence-electron chi connectivity index (χ1n) is 5.64. The Bertz CT molecular complexity index is 620. The van der Waals surface area contributed by atoms with Gasteiger partial charge >= 0.3 is 0 Å². The third-order valence-electron chi connectivity index (χ3n) is 2.63. The fourth-order valence-electron chi connectivity index (χ4n) is 1.59. The highest BCUT2D eigenvalue weighted by Gasteiger charge is 2.11. The fourth-order valence-corrected chi connectivity index (χ4v) is 2.09. The van der Waals surface area contributed by atoms with Gasteiger partial charge in [-0.15, -0.1) is 0 Å². The van der Waals surface area contributed by atoms with Crippen LogP contribution in [-0.4, -0.2) is 4.98 Å². The minimum absolute atomic E-state index is 0.443. The van der Waals surface area contributed by atoms with Gasteiger partial charge < -0.3 is 5.32 Å². The van der Waals surface area contributed by atoms with Gasteiger partial charge in [0, 0.05) is 27.6 Å². The molecule has 1 atom stereocenters. The van der Waals surface area contributed by atoms with Crippen molar-refractivity contribution in [3.8, 4) is 6.07 Å². The van der Waals surface area contributed by atoms with Crippen LogP contribution in [0.25, 0.3) is 0 Å². The minimum Gasteiger partial charge on any atom is -0.366 e. The average Bonchev–Trinajstić information content (AvgIpc) is 2.41. The third kappa shape index (κ3) is 3.46. The third-order valence-corrected chi connectivity index (χ3v) is 3.84. The molecule has 0 aliphatic rings. The van der Waals surface area contributed by atoms with Crippen molar-refractivity contribution in [1.82, 2.24) is 4.98 Å². The summed E-state index contributed by atoms with van der Waals surface area (Å²) in [4.78, 5) is 4.20. The zero-order valence-electron chi connectivity index (χ0n) is 10.2. The van der Waals surface area contributed by atoms with Crippen LogP contribution in [0.4, 0.5) is 5.69 Å². The maximum atomic E-state index is 9.26. The number of nitriles is 1. The van der Waals surface area contributed by atoms with E-state index in [0.29, 0.717) is 5.02 Å². The predicted octanol–water partition coefficient (Wildman–Crippen LogP) is 4.48. The number of aryl methyl sites for hydroxylation is 1. The van der Waals surface area contributed by atoms with E-state index in [9.17, 15) is 5.26 Å². The number of rotatable bonds is 3. The van der Waals surface area contributed by atoms with E-state index in [1.165, 1.54) is 0 Å². The van der Waals surface area contributed by atoms with Crippen LogP contribution < -0.4 is 5.32 Å². The normalized spacial score (nSPS) is 11.7. The van der Waals surface area contributed by atoms with Gasteiger partial charge in [0.2, 0.25) is 0 Å². The van der Waals surface area contributed by atoms with Crippen molar-refractivity contribution in [2.45, 2.75) is 13.0 Å². The van der Waals surface area contributed by atoms with E-state index in [0.717, 1.165) is 21.4 Å². The summed E-state index contributed by atoms with van der Waals surface area (Å²) >= 11 is 9.29. The number of aromatic nitrogens is 1. The molecule has 0 radical (unpaired) electrons. The Kier molecular flexibility index (Phi) is 4.41. The molecule has 0 saturated carbocycles. The molecule has 1 N–H and O–H groups in total. The Labute approximate surface area is 125 Å². The van der Waals surface area contributed by atoms with Gasteiger partial charge in [-0.3, -0.25) is 4.98 Å².